The average molecular weight is 349 g/mol. The van der Waals surface area contributed by atoms with Crippen molar-refractivity contribution in [2.75, 3.05) is 10.6 Å². The zero-order valence-electron chi connectivity index (χ0n) is 10.8. The Bertz CT molecular complexity index is 705. The van der Waals surface area contributed by atoms with E-state index in [4.69, 9.17) is 23.2 Å². The molecule has 0 fully saturated rings. The quantitative estimate of drug-likeness (QED) is 0.722. The Labute approximate surface area is 134 Å². The lowest BCUT2D eigenvalue weighted by Gasteiger charge is -2.11. The fourth-order valence-electron chi connectivity index (χ4n) is 1.66. The minimum atomic E-state index is -4.48. The summed E-state index contributed by atoms with van der Waals surface area (Å²) in [5.74, 6) is 0. The van der Waals surface area contributed by atoms with E-state index in [0.717, 1.165) is 12.1 Å². The summed E-state index contributed by atoms with van der Waals surface area (Å²) in [7, 11) is 0. The molecule has 0 aromatic heterocycles. The second kappa shape index (κ2) is 6.46. The van der Waals surface area contributed by atoms with E-state index >= 15 is 0 Å². The van der Waals surface area contributed by atoms with Crippen LogP contribution in [0.3, 0.4) is 0 Å². The van der Waals surface area contributed by atoms with Gasteiger partial charge in [0, 0.05) is 5.69 Å². The number of hydrogen-bond donors (Lipinski definition) is 2. The van der Waals surface area contributed by atoms with Crippen LogP contribution in [-0.2, 0) is 6.18 Å². The van der Waals surface area contributed by atoms with Crippen molar-refractivity contribution in [2.45, 2.75) is 6.18 Å². The van der Waals surface area contributed by atoms with Gasteiger partial charge in [-0.15, -0.1) is 0 Å². The molecular weight excluding hydrogens is 340 g/mol. The molecule has 3 nitrogen and oxygen atoms in total. The first-order valence-electron chi connectivity index (χ1n) is 5.96. The fourth-order valence-corrected chi connectivity index (χ4v) is 2.01. The van der Waals surface area contributed by atoms with Crippen LogP contribution < -0.4 is 10.6 Å². The predicted octanol–water partition coefficient (Wildman–Crippen LogP) is 5.66. The smallest absolute Gasteiger partial charge is 0.308 e. The van der Waals surface area contributed by atoms with Gasteiger partial charge < -0.3 is 10.6 Å². The van der Waals surface area contributed by atoms with E-state index in [1.54, 1.807) is 12.1 Å². The van der Waals surface area contributed by atoms with Crippen LogP contribution in [-0.4, -0.2) is 6.03 Å². The van der Waals surface area contributed by atoms with Gasteiger partial charge >= 0.3 is 12.2 Å². The lowest BCUT2D eigenvalue weighted by Crippen LogP contribution is -2.20. The minimum Gasteiger partial charge on any atom is -0.308 e. The SMILES string of the molecule is O=C(Nc1cccc(C(F)(F)F)c1)Nc1cccc(Cl)c1Cl. The predicted molar refractivity (Wildman–Crippen MR) is 80.5 cm³/mol. The number of hydrogen-bond acceptors (Lipinski definition) is 1. The third-order valence-corrected chi connectivity index (χ3v) is 3.47. The zero-order chi connectivity index (χ0) is 16.3. The normalized spacial score (nSPS) is 11.1. The molecule has 0 aliphatic heterocycles. The molecule has 0 spiro atoms. The van der Waals surface area contributed by atoms with Crippen molar-refractivity contribution in [2.24, 2.45) is 0 Å². The molecule has 2 amide bonds. The van der Waals surface area contributed by atoms with E-state index < -0.39 is 17.8 Å². The second-order valence-electron chi connectivity index (χ2n) is 4.26. The molecule has 2 rings (SSSR count). The number of amides is 2. The van der Waals surface area contributed by atoms with Crippen LogP contribution in [0.25, 0.3) is 0 Å². The summed E-state index contributed by atoms with van der Waals surface area (Å²) in [6.07, 6.45) is -4.48. The third kappa shape index (κ3) is 4.05. The lowest BCUT2D eigenvalue weighted by molar-refractivity contribution is -0.137. The number of alkyl halides is 3. The van der Waals surface area contributed by atoms with Gasteiger partial charge in [0.1, 0.15) is 0 Å². The molecule has 0 aliphatic carbocycles. The first-order valence-corrected chi connectivity index (χ1v) is 6.72. The number of urea groups is 1. The molecule has 8 heteroatoms. The van der Waals surface area contributed by atoms with Gasteiger partial charge in [0.2, 0.25) is 0 Å². The van der Waals surface area contributed by atoms with Crippen molar-refractivity contribution in [1.29, 1.82) is 0 Å². The van der Waals surface area contributed by atoms with Gasteiger partial charge in [-0.05, 0) is 30.3 Å². The average Bonchev–Trinajstić information content (AvgIpc) is 2.43. The number of halogens is 5. The van der Waals surface area contributed by atoms with Crippen LogP contribution in [0.2, 0.25) is 10.0 Å². The molecule has 116 valence electrons. The van der Waals surface area contributed by atoms with Gasteiger partial charge in [-0.3, -0.25) is 0 Å². The highest BCUT2D eigenvalue weighted by Gasteiger charge is 2.30. The molecule has 0 radical (unpaired) electrons. The number of carbonyl (C=O) groups excluding carboxylic acids is 1. The maximum Gasteiger partial charge on any atom is 0.416 e. The molecule has 0 saturated carbocycles. The molecule has 2 aromatic carbocycles. The van der Waals surface area contributed by atoms with Gasteiger partial charge in [-0.1, -0.05) is 35.3 Å². The van der Waals surface area contributed by atoms with Crippen LogP contribution in [0.1, 0.15) is 5.56 Å². The van der Waals surface area contributed by atoms with Crippen molar-refractivity contribution in [3.8, 4) is 0 Å². The van der Waals surface area contributed by atoms with Crippen molar-refractivity contribution in [3.05, 3.63) is 58.1 Å². The topological polar surface area (TPSA) is 41.1 Å². The minimum absolute atomic E-state index is 0.00507. The van der Waals surface area contributed by atoms with E-state index in [0.29, 0.717) is 0 Å². The molecule has 0 unspecified atom stereocenters. The Morgan fingerprint density at radius 1 is 1.00 bits per heavy atom. The van der Waals surface area contributed by atoms with E-state index in [2.05, 4.69) is 10.6 Å². The van der Waals surface area contributed by atoms with Gasteiger partial charge in [-0.2, -0.15) is 13.2 Å². The monoisotopic (exact) mass is 348 g/mol. The number of carbonyl (C=O) groups is 1. The maximum atomic E-state index is 12.6. The van der Waals surface area contributed by atoms with Crippen LogP contribution in [0.5, 0.6) is 0 Å². The van der Waals surface area contributed by atoms with E-state index in [9.17, 15) is 18.0 Å². The molecule has 0 bridgehead atoms. The second-order valence-corrected chi connectivity index (χ2v) is 5.04. The maximum absolute atomic E-state index is 12.6. The van der Waals surface area contributed by atoms with Gasteiger partial charge in [0.25, 0.3) is 0 Å². The summed E-state index contributed by atoms with van der Waals surface area (Å²) >= 11 is 11.7. The molecule has 0 saturated heterocycles. The number of benzene rings is 2. The molecule has 2 aromatic rings. The van der Waals surface area contributed by atoms with Gasteiger partial charge in [-0.25, -0.2) is 4.79 Å². The van der Waals surface area contributed by atoms with Crippen LogP contribution in [0.15, 0.2) is 42.5 Å². The molecular formula is C14H9Cl2F3N2O. The van der Waals surface area contributed by atoms with Crippen molar-refractivity contribution in [1.82, 2.24) is 0 Å². The summed E-state index contributed by atoms with van der Waals surface area (Å²) in [6.45, 7) is 0. The summed E-state index contributed by atoms with van der Waals surface area (Å²) in [6, 6.07) is 8.19. The highest BCUT2D eigenvalue weighted by molar-refractivity contribution is 6.44. The summed E-state index contributed by atoms with van der Waals surface area (Å²) in [4.78, 5) is 11.8. The third-order valence-electron chi connectivity index (χ3n) is 2.65. The summed E-state index contributed by atoms with van der Waals surface area (Å²) in [5, 5.41) is 5.10. The number of nitrogens with one attached hydrogen (secondary N) is 2. The first kappa shape index (κ1) is 16.5. The van der Waals surface area contributed by atoms with Crippen molar-refractivity contribution in [3.63, 3.8) is 0 Å². The van der Waals surface area contributed by atoms with Crippen molar-refractivity contribution < 1.29 is 18.0 Å². The van der Waals surface area contributed by atoms with E-state index in [1.165, 1.54) is 18.2 Å². The Kier molecular flexibility index (Phi) is 4.83. The Morgan fingerprint density at radius 3 is 2.36 bits per heavy atom. The van der Waals surface area contributed by atoms with Crippen molar-refractivity contribution >= 4 is 40.6 Å². The summed E-state index contributed by atoms with van der Waals surface area (Å²) in [5.41, 5.74) is -0.602. The Hall–Kier alpha value is -1.92. The zero-order valence-corrected chi connectivity index (χ0v) is 12.4. The highest BCUT2D eigenvalue weighted by atomic mass is 35.5. The molecule has 0 atom stereocenters. The van der Waals surface area contributed by atoms with E-state index in [1.807, 2.05) is 0 Å². The largest absolute Gasteiger partial charge is 0.416 e. The number of anilines is 2. The molecule has 2 N–H and O–H groups in total. The van der Waals surface area contributed by atoms with Crippen LogP contribution >= 0.6 is 23.2 Å². The summed E-state index contributed by atoms with van der Waals surface area (Å²) < 4.78 is 37.8. The molecule has 22 heavy (non-hydrogen) atoms. The van der Waals surface area contributed by atoms with Gasteiger partial charge in [0.15, 0.2) is 0 Å². The molecule has 0 aliphatic rings. The first-order chi connectivity index (χ1) is 10.3. The molecule has 0 heterocycles. The number of rotatable bonds is 2. The Balaban J connectivity index is 2.11. The van der Waals surface area contributed by atoms with E-state index in [-0.39, 0.29) is 21.4 Å². The van der Waals surface area contributed by atoms with Crippen LogP contribution in [0.4, 0.5) is 29.3 Å². The highest BCUT2D eigenvalue weighted by Crippen LogP contribution is 2.31. The van der Waals surface area contributed by atoms with Crippen LogP contribution in [0, 0.1) is 0 Å². The fraction of sp³-hybridized carbons (Fsp3) is 0.0714. The standard InChI is InChI=1S/C14H9Cl2F3N2O/c15-10-5-2-6-11(12(10)16)21-13(22)20-9-4-1-3-8(7-9)14(17,18)19/h1-7H,(H2,20,21,22). The Morgan fingerprint density at radius 2 is 1.68 bits per heavy atom. The lowest BCUT2D eigenvalue weighted by atomic mass is 10.2. The van der Waals surface area contributed by atoms with Gasteiger partial charge in [0.05, 0.1) is 21.3 Å².